The van der Waals surface area contributed by atoms with Gasteiger partial charge >= 0.3 is 13.1 Å². The SMILES string of the molecule is CN(C)C[C@@H]1CC[C@H](CCB(O)O)C[C@@]1(N)C(=O)O. The Morgan fingerprint density at radius 2 is 2.05 bits per heavy atom. The zero-order chi connectivity index (χ0) is 14.6. The molecule has 0 amide bonds. The summed E-state index contributed by atoms with van der Waals surface area (Å²) < 4.78 is 0. The van der Waals surface area contributed by atoms with E-state index in [2.05, 4.69) is 0 Å². The number of carboxylic acid groups (broad SMARTS) is 1. The average molecular weight is 272 g/mol. The molecule has 6 nitrogen and oxygen atoms in total. The molecular formula is C12H25BN2O4. The van der Waals surface area contributed by atoms with Crippen LogP contribution in [0.5, 0.6) is 0 Å². The molecule has 0 aliphatic heterocycles. The van der Waals surface area contributed by atoms with E-state index >= 15 is 0 Å². The van der Waals surface area contributed by atoms with E-state index in [4.69, 9.17) is 15.8 Å². The maximum atomic E-state index is 11.5. The lowest BCUT2D eigenvalue weighted by atomic mass is 9.66. The van der Waals surface area contributed by atoms with Gasteiger partial charge < -0.3 is 25.8 Å². The van der Waals surface area contributed by atoms with Crippen molar-refractivity contribution < 1.29 is 19.9 Å². The quantitative estimate of drug-likeness (QED) is 0.490. The second-order valence-corrected chi connectivity index (χ2v) is 6.01. The number of nitrogens with zero attached hydrogens (tertiary/aromatic N) is 1. The first-order valence-corrected chi connectivity index (χ1v) is 6.79. The summed E-state index contributed by atoms with van der Waals surface area (Å²) in [6.45, 7) is 0.665. The fourth-order valence-electron chi connectivity index (χ4n) is 3.03. The molecule has 0 radical (unpaired) electrons. The van der Waals surface area contributed by atoms with Crippen LogP contribution in [0.3, 0.4) is 0 Å². The van der Waals surface area contributed by atoms with Gasteiger partial charge in [-0.1, -0.05) is 6.42 Å². The van der Waals surface area contributed by atoms with E-state index in [-0.39, 0.29) is 18.2 Å². The number of carboxylic acids is 1. The molecule has 7 heteroatoms. The molecule has 110 valence electrons. The van der Waals surface area contributed by atoms with Crippen LogP contribution in [0, 0.1) is 11.8 Å². The highest BCUT2D eigenvalue weighted by Gasteiger charge is 2.46. The van der Waals surface area contributed by atoms with Gasteiger partial charge in [0.05, 0.1) is 0 Å². The van der Waals surface area contributed by atoms with Crippen molar-refractivity contribution in [2.45, 2.75) is 37.5 Å². The molecule has 1 rings (SSSR count). The second-order valence-electron chi connectivity index (χ2n) is 6.01. The minimum absolute atomic E-state index is 0.0599. The molecule has 0 aromatic carbocycles. The summed E-state index contributed by atoms with van der Waals surface area (Å²) in [5, 5.41) is 27.2. The Morgan fingerprint density at radius 1 is 1.42 bits per heavy atom. The van der Waals surface area contributed by atoms with Gasteiger partial charge in [-0.25, -0.2) is 0 Å². The maximum Gasteiger partial charge on any atom is 0.451 e. The normalized spacial score (nSPS) is 31.5. The molecule has 1 aliphatic carbocycles. The van der Waals surface area contributed by atoms with Crippen LogP contribution in [0.25, 0.3) is 0 Å². The van der Waals surface area contributed by atoms with Crippen molar-refractivity contribution in [2.75, 3.05) is 20.6 Å². The molecule has 1 fully saturated rings. The number of hydrogen-bond donors (Lipinski definition) is 4. The Kier molecular flexibility index (Phi) is 5.79. The van der Waals surface area contributed by atoms with Crippen molar-refractivity contribution in [1.29, 1.82) is 0 Å². The van der Waals surface area contributed by atoms with Gasteiger partial charge in [0.1, 0.15) is 5.54 Å². The van der Waals surface area contributed by atoms with E-state index < -0.39 is 18.6 Å². The first-order chi connectivity index (χ1) is 8.75. The highest BCUT2D eigenvalue weighted by molar-refractivity contribution is 6.40. The van der Waals surface area contributed by atoms with Gasteiger partial charge in [-0.2, -0.15) is 0 Å². The molecule has 1 aliphatic rings. The molecule has 5 N–H and O–H groups in total. The van der Waals surface area contributed by atoms with E-state index in [0.29, 0.717) is 19.4 Å². The summed E-state index contributed by atoms with van der Waals surface area (Å²) in [5.74, 6) is -0.856. The van der Waals surface area contributed by atoms with Gasteiger partial charge in [0.2, 0.25) is 0 Å². The van der Waals surface area contributed by atoms with Gasteiger partial charge in [0.15, 0.2) is 0 Å². The maximum absolute atomic E-state index is 11.5. The van der Waals surface area contributed by atoms with E-state index in [0.717, 1.165) is 12.8 Å². The summed E-state index contributed by atoms with van der Waals surface area (Å²) in [4.78, 5) is 13.5. The second kappa shape index (κ2) is 6.70. The fourth-order valence-corrected chi connectivity index (χ4v) is 3.03. The van der Waals surface area contributed by atoms with Crippen LogP contribution < -0.4 is 5.73 Å². The van der Waals surface area contributed by atoms with Crippen molar-refractivity contribution in [3.63, 3.8) is 0 Å². The summed E-state index contributed by atoms with van der Waals surface area (Å²) in [6.07, 6.45) is 2.97. The van der Waals surface area contributed by atoms with E-state index in [1.807, 2.05) is 19.0 Å². The Morgan fingerprint density at radius 3 is 2.53 bits per heavy atom. The average Bonchev–Trinajstić information content (AvgIpc) is 2.29. The molecule has 3 atom stereocenters. The summed E-state index contributed by atoms with van der Waals surface area (Å²) >= 11 is 0. The minimum atomic E-state index is -1.32. The molecular weight excluding hydrogens is 247 g/mol. The van der Waals surface area contributed by atoms with Crippen molar-refractivity contribution in [2.24, 2.45) is 17.6 Å². The van der Waals surface area contributed by atoms with Crippen LogP contribution in [0.15, 0.2) is 0 Å². The Hall–Kier alpha value is -0.625. The van der Waals surface area contributed by atoms with Gasteiger partial charge in [-0.15, -0.1) is 0 Å². The molecule has 0 unspecified atom stereocenters. The summed E-state index contributed by atoms with van der Waals surface area (Å²) in [5.41, 5.74) is 4.94. The van der Waals surface area contributed by atoms with Gasteiger partial charge in [-0.05, 0) is 45.6 Å². The van der Waals surface area contributed by atoms with Crippen molar-refractivity contribution in [1.82, 2.24) is 4.90 Å². The highest BCUT2D eigenvalue weighted by Crippen LogP contribution is 2.38. The van der Waals surface area contributed by atoms with Crippen LogP contribution in [0.2, 0.25) is 6.32 Å². The lowest BCUT2D eigenvalue weighted by molar-refractivity contribution is -0.148. The molecule has 0 aromatic heterocycles. The number of rotatable bonds is 6. The first kappa shape index (κ1) is 16.4. The van der Waals surface area contributed by atoms with Gasteiger partial charge in [0.25, 0.3) is 0 Å². The van der Waals surface area contributed by atoms with E-state index in [1.54, 1.807) is 0 Å². The number of aliphatic carboxylic acids is 1. The zero-order valence-corrected chi connectivity index (χ0v) is 11.7. The largest absolute Gasteiger partial charge is 0.480 e. The number of hydrogen-bond acceptors (Lipinski definition) is 5. The first-order valence-electron chi connectivity index (χ1n) is 6.79. The van der Waals surface area contributed by atoms with Crippen LogP contribution in [-0.2, 0) is 4.79 Å². The standard InChI is InChI=1S/C12H25BN2O4/c1-15(2)8-10-4-3-9(5-6-13(18)19)7-12(10,14)11(16)17/h9-10,18-19H,3-8,14H2,1-2H3,(H,16,17)/t9-,10+,12+/m1/s1. The molecule has 19 heavy (non-hydrogen) atoms. The molecule has 0 saturated heterocycles. The smallest absolute Gasteiger partial charge is 0.451 e. The molecule has 0 spiro atoms. The minimum Gasteiger partial charge on any atom is -0.480 e. The lowest BCUT2D eigenvalue weighted by Gasteiger charge is -2.42. The van der Waals surface area contributed by atoms with E-state index in [9.17, 15) is 9.90 Å². The topological polar surface area (TPSA) is 107 Å². The van der Waals surface area contributed by atoms with Crippen molar-refractivity contribution in [3.05, 3.63) is 0 Å². The molecule has 1 saturated carbocycles. The lowest BCUT2D eigenvalue weighted by Crippen LogP contribution is -2.59. The third-order valence-electron chi connectivity index (χ3n) is 4.10. The Balaban J connectivity index is 2.69. The highest BCUT2D eigenvalue weighted by atomic mass is 16.4. The van der Waals surface area contributed by atoms with Gasteiger partial charge in [-0.3, -0.25) is 4.79 Å². The van der Waals surface area contributed by atoms with Crippen molar-refractivity contribution >= 4 is 13.1 Å². The molecule has 0 aromatic rings. The zero-order valence-electron chi connectivity index (χ0n) is 11.7. The van der Waals surface area contributed by atoms with Crippen LogP contribution in [0.1, 0.15) is 25.7 Å². The Labute approximate surface area is 114 Å². The fraction of sp³-hybridized carbons (Fsp3) is 0.917. The summed E-state index contributed by atoms with van der Waals surface area (Å²) in [6, 6.07) is 0. The predicted octanol–water partition coefficient (Wildman–Crippen LogP) is -0.391. The molecule has 0 bridgehead atoms. The summed E-state index contributed by atoms with van der Waals surface area (Å²) in [7, 11) is 2.50. The number of carbonyl (C=O) groups is 1. The predicted molar refractivity (Wildman–Crippen MR) is 73.6 cm³/mol. The van der Waals surface area contributed by atoms with Crippen LogP contribution >= 0.6 is 0 Å². The van der Waals surface area contributed by atoms with Gasteiger partial charge in [0, 0.05) is 12.5 Å². The van der Waals surface area contributed by atoms with Crippen LogP contribution in [-0.4, -0.2) is 59.3 Å². The van der Waals surface area contributed by atoms with Crippen molar-refractivity contribution in [3.8, 4) is 0 Å². The molecule has 0 heterocycles. The van der Waals surface area contributed by atoms with Crippen LogP contribution in [0.4, 0.5) is 0 Å². The Bertz CT molecular complexity index is 314. The third kappa shape index (κ3) is 4.45. The monoisotopic (exact) mass is 272 g/mol. The number of nitrogens with two attached hydrogens (primary N) is 1. The van der Waals surface area contributed by atoms with E-state index in [1.165, 1.54) is 0 Å². The third-order valence-corrected chi connectivity index (χ3v) is 4.10.